The molecule has 0 bridgehead atoms. The molecule has 0 aliphatic heterocycles. The molecule has 0 amide bonds. The van der Waals surface area contributed by atoms with Crippen molar-refractivity contribution < 1.29 is 9.47 Å². The lowest BCUT2D eigenvalue weighted by atomic mass is 10.0. The number of benzene rings is 1. The molecule has 0 aliphatic rings. The third-order valence-corrected chi connectivity index (χ3v) is 6.21. The van der Waals surface area contributed by atoms with E-state index in [-0.39, 0.29) is 6.04 Å². The Kier molecular flexibility index (Phi) is 6.66. The van der Waals surface area contributed by atoms with Gasteiger partial charge in [0.1, 0.15) is 12.4 Å². The van der Waals surface area contributed by atoms with Crippen molar-refractivity contribution in [3.63, 3.8) is 0 Å². The van der Waals surface area contributed by atoms with Crippen molar-refractivity contribution in [3.8, 4) is 5.75 Å². The van der Waals surface area contributed by atoms with Crippen LogP contribution in [0.2, 0.25) is 0 Å². The molecule has 0 saturated heterocycles. The minimum atomic E-state index is -0.128. The largest absolute Gasteiger partial charge is 0.491 e. The normalized spacial score (nSPS) is 12.4. The lowest BCUT2D eigenvalue weighted by Gasteiger charge is -2.18. The van der Waals surface area contributed by atoms with Gasteiger partial charge in [0.25, 0.3) is 0 Å². The highest BCUT2D eigenvalue weighted by molar-refractivity contribution is 9.13. The molecule has 4 nitrogen and oxygen atoms in total. The van der Waals surface area contributed by atoms with Crippen LogP contribution < -0.4 is 16.0 Å². The fourth-order valence-electron chi connectivity index (χ4n) is 1.92. The average molecular weight is 436 g/mol. The van der Waals surface area contributed by atoms with Gasteiger partial charge in [-0.05, 0) is 44.0 Å². The summed E-state index contributed by atoms with van der Waals surface area (Å²) in [5.41, 5.74) is 3.86. The monoisotopic (exact) mass is 434 g/mol. The number of rotatable bonds is 7. The van der Waals surface area contributed by atoms with E-state index in [9.17, 15) is 0 Å². The Labute approximate surface area is 144 Å². The second-order valence-electron chi connectivity index (χ2n) is 4.25. The molecule has 1 heterocycles. The van der Waals surface area contributed by atoms with E-state index in [1.54, 1.807) is 18.4 Å². The molecule has 0 saturated carbocycles. The predicted octanol–water partition coefficient (Wildman–Crippen LogP) is 3.85. The zero-order valence-corrected chi connectivity index (χ0v) is 15.4. The Morgan fingerprint density at radius 2 is 2.05 bits per heavy atom. The van der Waals surface area contributed by atoms with Gasteiger partial charge in [-0.2, -0.15) is 0 Å². The van der Waals surface area contributed by atoms with Crippen LogP contribution in [0.1, 0.15) is 16.5 Å². The molecule has 1 aromatic heterocycles. The maximum Gasteiger partial charge on any atom is 0.124 e. The van der Waals surface area contributed by atoms with Crippen LogP contribution >= 0.6 is 43.2 Å². The van der Waals surface area contributed by atoms with Gasteiger partial charge in [-0.25, -0.2) is 5.43 Å². The second kappa shape index (κ2) is 8.26. The first-order valence-electron chi connectivity index (χ1n) is 6.29. The Hall–Kier alpha value is -0.440. The standard InChI is InChI=1S/C14H16Br2N2O2S/c1-19-6-7-20-11-5-3-2-4-9(11)13(18-17)12-8-10(15)14(16)21-12/h2-5,8,13,18H,6-7,17H2,1H3. The fourth-order valence-corrected chi connectivity index (χ4v) is 4.09. The van der Waals surface area contributed by atoms with Gasteiger partial charge < -0.3 is 9.47 Å². The Bertz CT molecular complexity index is 573. The molecule has 2 rings (SSSR count). The van der Waals surface area contributed by atoms with Gasteiger partial charge in [0.05, 0.1) is 16.4 Å². The molecule has 21 heavy (non-hydrogen) atoms. The quantitative estimate of drug-likeness (QED) is 0.394. The van der Waals surface area contributed by atoms with Gasteiger partial charge in [-0.1, -0.05) is 18.2 Å². The van der Waals surface area contributed by atoms with Gasteiger partial charge in [0.15, 0.2) is 0 Å². The van der Waals surface area contributed by atoms with Crippen LogP contribution in [0.25, 0.3) is 0 Å². The summed E-state index contributed by atoms with van der Waals surface area (Å²) in [5, 5.41) is 0. The van der Waals surface area contributed by atoms with Crippen LogP contribution in [0.3, 0.4) is 0 Å². The maximum atomic E-state index is 5.78. The lowest BCUT2D eigenvalue weighted by molar-refractivity contribution is 0.145. The minimum Gasteiger partial charge on any atom is -0.491 e. The molecule has 2 aromatic rings. The van der Waals surface area contributed by atoms with Crippen LogP contribution in [-0.4, -0.2) is 20.3 Å². The summed E-state index contributed by atoms with van der Waals surface area (Å²) < 4.78 is 12.8. The molecule has 1 unspecified atom stereocenters. The first kappa shape index (κ1) is 16.9. The van der Waals surface area contributed by atoms with Crippen LogP contribution in [0, 0.1) is 0 Å². The smallest absolute Gasteiger partial charge is 0.124 e. The second-order valence-corrected chi connectivity index (χ2v) is 7.51. The van der Waals surface area contributed by atoms with Crippen LogP contribution in [0.4, 0.5) is 0 Å². The molecule has 0 spiro atoms. The van der Waals surface area contributed by atoms with Crippen LogP contribution in [-0.2, 0) is 4.74 Å². The number of halogens is 2. The van der Waals surface area contributed by atoms with Crippen LogP contribution in [0.5, 0.6) is 5.75 Å². The molecular weight excluding hydrogens is 420 g/mol. The van der Waals surface area contributed by atoms with E-state index in [0.717, 1.165) is 24.4 Å². The molecule has 114 valence electrons. The number of thiophene rings is 1. The first-order chi connectivity index (χ1) is 10.2. The number of ether oxygens (including phenoxy) is 2. The number of nitrogens with two attached hydrogens (primary N) is 1. The molecule has 1 atom stereocenters. The van der Waals surface area contributed by atoms with E-state index >= 15 is 0 Å². The molecule has 0 radical (unpaired) electrons. The SMILES string of the molecule is COCCOc1ccccc1C(NN)c1cc(Br)c(Br)s1. The number of nitrogens with one attached hydrogen (secondary N) is 1. The Balaban J connectivity index is 2.29. The highest BCUT2D eigenvalue weighted by atomic mass is 79.9. The molecule has 1 aromatic carbocycles. The number of hydrazine groups is 1. The van der Waals surface area contributed by atoms with E-state index in [2.05, 4.69) is 37.3 Å². The van der Waals surface area contributed by atoms with E-state index in [1.807, 2.05) is 30.3 Å². The van der Waals surface area contributed by atoms with Crippen molar-refractivity contribution in [2.75, 3.05) is 20.3 Å². The van der Waals surface area contributed by atoms with Crippen molar-refractivity contribution in [3.05, 3.63) is 49.0 Å². The zero-order valence-electron chi connectivity index (χ0n) is 11.4. The van der Waals surface area contributed by atoms with Crippen LogP contribution in [0.15, 0.2) is 38.6 Å². The van der Waals surface area contributed by atoms with Gasteiger partial charge in [-0.15, -0.1) is 11.3 Å². The summed E-state index contributed by atoms with van der Waals surface area (Å²) in [6.45, 7) is 1.05. The molecular formula is C14H16Br2N2O2S. The highest BCUT2D eigenvalue weighted by Crippen LogP contribution is 2.39. The highest BCUT2D eigenvalue weighted by Gasteiger charge is 2.20. The summed E-state index contributed by atoms with van der Waals surface area (Å²) in [6, 6.07) is 9.78. The number of para-hydroxylation sites is 1. The predicted molar refractivity (Wildman–Crippen MR) is 92.7 cm³/mol. The summed E-state index contributed by atoms with van der Waals surface area (Å²) in [6.07, 6.45) is 0. The summed E-state index contributed by atoms with van der Waals surface area (Å²) >= 11 is 8.64. The number of methoxy groups -OCH3 is 1. The molecule has 3 N–H and O–H groups in total. The Morgan fingerprint density at radius 3 is 2.67 bits per heavy atom. The minimum absolute atomic E-state index is 0.128. The van der Waals surface area contributed by atoms with Crippen molar-refractivity contribution in [1.82, 2.24) is 5.43 Å². The summed E-state index contributed by atoms with van der Waals surface area (Å²) in [4.78, 5) is 1.10. The van der Waals surface area contributed by atoms with E-state index in [4.69, 9.17) is 15.3 Å². The molecule has 7 heteroatoms. The topological polar surface area (TPSA) is 56.5 Å². The van der Waals surface area contributed by atoms with Crippen molar-refractivity contribution in [2.45, 2.75) is 6.04 Å². The first-order valence-corrected chi connectivity index (χ1v) is 8.69. The van der Waals surface area contributed by atoms with E-state index < -0.39 is 0 Å². The van der Waals surface area contributed by atoms with Gasteiger partial charge in [-0.3, -0.25) is 5.84 Å². The Morgan fingerprint density at radius 1 is 1.29 bits per heavy atom. The van der Waals surface area contributed by atoms with E-state index in [1.165, 1.54) is 0 Å². The van der Waals surface area contributed by atoms with Crippen molar-refractivity contribution in [2.24, 2.45) is 5.84 Å². The molecule has 0 fully saturated rings. The van der Waals surface area contributed by atoms with Gasteiger partial charge >= 0.3 is 0 Å². The number of hydrogen-bond donors (Lipinski definition) is 2. The summed E-state index contributed by atoms with van der Waals surface area (Å²) in [5.74, 6) is 6.57. The zero-order chi connectivity index (χ0) is 15.2. The van der Waals surface area contributed by atoms with Crippen molar-refractivity contribution in [1.29, 1.82) is 0 Å². The fraction of sp³-hybridized carbons (Fsp3) is 0.286. The van der Waals surface area contributed by atoms with Gasteiger partial charge in [0.2, 0.25) is 0 Å². The maximum absolute atomic E-state index is 5.78. The summed E-state index contributed by atoms with van der Waals surface area (Å²) in [7, 11) is 1.65. The third-order valence-electron chi connectivity index (χ3n) is 2.89. The van der Waals surface area contributed by atoms with Gasteiger partial charge in [0, 0.05) is 22.0 Å². The third kappa shape index (κ3) is 4.28. The molecule has 0 aliphatic carbocycles. The van der Waals surface area contributed by atoms with Crippen molar-refractivity contribution >= 4 is 43.2 Å². The van der Waals surface area contributed by atoms with E-state index in [0.29, 0.717) is 13.2 Å². The lowest BCUT2D eigenvalue weighted by Crippen LogP contribution is -2.28. The number of hydrogen-bond acceptors (Lipinski definition) is 5. The average Bonchev–Trinajstić information content (AvgIpc) is 2.81.